The van der Waals surface area contributed by atoms with E-state index in [1.165, 1.54) is 0 Å². The number of benzene rings is 1. The van der Waals surface area contributed by atoms with Gasteiger partial charge in [0.2, 0.25) is 0 Å². The van der Waals surface area contributed by atoms with Crippen molar-refractivity contribution in [3.63, 3.8) is 0 Å². The quantitative estimate of drug-likeness (QED) is 0.855. The number of ether oxygens (including phenoxy) is 2. The van der Waals surface area contributed by atoms with Crippen molar-refractivity contribution in [2.24, 2.45) is 0 Å². The molecule has 0 spiro atoms. The van der Waals surface area contributed by atoms with Crippen molar-refractivity contribution in [1.82, 2.24) is 5.48 Å². The number of rotatable bonds is 4. The minimum absolute atomic E-state index is 0.551. The topological polar surface area (TPSA) is 39.7 Å². The molecule has 0 amide bonds. The van der Waals surface area contributed by atoms with Crippen molar-refractivity contribution in [1.29, 1.82) is 0 Å². The van der Waals surface area contributed by atoms with Crippen LogP contribution in [0.4, 0.5) is 0 Å². The zero-order valence-electron chi connectivity index (χ0n) is 10.7. The van der Waals surface area contributed by atoms with E-state index in [2.05, 4.69) is 12.4 Å². The minimum Gasteiger partial charge on any atom is -0.489 e. The zero-order valence-corrected chi connectivity index (χ0v) is 11.5. The lowest BCUT2D eigenvalue weighted by Gasteiger charge is -2.17. The lowest BCUT2D eigenvalue weighted by molar-refractivity contribution is 0.0865. The van der Waals surface area contributed by atoms with Crippen molar-refractivity contribution in [3.05, 3.63) is 22.2 Å². The van der Waals surface area contributed by atoms with Crippen molar-refractivity contribution in [3.8, 4) is 11.5 Å². The average molecular weight is 272 g/mol. The molecule has 1 heterocycles. The SMILES string of the molecule is CCc1c(CNOC)c(Cl)cc2c1OCCCO2. The van der Waals surface area contributed by atoms with Gasteiger partial charge in [-0.2, -0.15) is 5.48 Å². The minimum atomic E-state index is 0.551. The lowest BCUT2D eigenvalue weighted by atomic mass is 10.0. The summed E-state index contributed by atoms with van der Waals surface area (Å²) in [6.45, 7) is 3.98. The lowest BCUT2D eigenvalue weighted by Crippen LogP contribution is -2.13. The van der Waals surface area contributed by atoms with Gasteiger partial charge in [-0.15, -0.1) is 0 Å². The molecule has 0 bridgehead atoms. The molecule has 0 aliphatic carbocycles. The Labute approximate surface area is 112 Å². The van der Waals surface area contributed by atoms with E-state index in [1.807, 2.05) is 6.07 Å². The fourth-order valence-electron chi connectivity index (χ4n) is 2.09. The largest absolute Gasteiger partial charge is 0.489 e. The summed E-state index contributed by atoms with van der Waals surface area (Å²) in [4.78, 5) is 4.89. The summed E-state index contributed by atoms with van der Waals surface area (Å²) < 4.78 is 11.5. The maximum Gasteiger partial charge on any atom is 0.164 e. The van der Waals surface area contributed by atoms with Gasteiger partial charge >= 0.3 is 0 Å². The number of halogens is 1. The van der Waals surface area contributed by atoms with Gasteiger partial charge in [-0.1, -0.05) is 18.5 Å². The van der Waals surface area contributed by atoms with Crippen LogP contribution in [-0.4, -0.2) is 20.3 Å². The second-order valence-corrected chi connectivity index (χ2v) is 4.48. The summed E-state index contributed by atoms with van der Waals surface area (Å²) in [7, 11) is 1.59. The Morgan fingerprint density at radius 2 is 2.11 bits per heavy atom. The Morgan fingerprint density at radius 1 is 1.33 bits per heavy atom. The molecule has 4 nitrogen and oxygen atoms in total. The monoisotopic (exact) mass is 271 g/mol. The molecule has 1 aliphatic heterocycles. The average Bonchev–Trinajstić information content (AvgIpc) is 2.60. The standard InChI is InChI=1S/C13H18ClNO3/c1-3-9-10(8-15-16-2)11(14)7-12-13(9)18-6-4-5-17-12/h7,15H,3-6,8H2,1-2H3. The van der Waals surface area contributed by atoms with Crippen LogP contribution in [-0.2, 0) is 17.8 Å². The highest BCUT2D eigenvalue weighted by molar-refractivity contribution is 6.31. The second kappa shape index (κ2) is 6.27. The summed E-state index contributed by atoms with van der Waals surface area (Å²) in [5, 5.41) is 0.681. The molecule has 1 aromatic rings. The van der Waals surface area contributed by atoms with Gasteiger partial charge < -0.3 is 14.3 Å². The summed E-state index contributed by atoms with van der Waals surface area (Å²) in [5.74, 6) is 1.57. The van der Waals surface area contributed by atoms with Gasteiger partial charge in [0.15, 0.2) is 11.5 Å². The first-order valence-electron chi connectivity index (χ1n) is 6.13. The van der Waals surface area contributed by atoms with Crippen molar-refractivity contribution in [2.45, 2.75) is 26.3 Å². The number of hydroxylamine groups is 1. The molecule has 18 heavy (non-hydrogen) atoms. The van der Waals surface area contributed by atoms with Crippen LogP contribution in [0.3, 0.4) is 0 Å². The van der Waals surface area contributed by atoms with Crippen LogP contribution in [0.15, 0.2) is 6.07 Å². The van der Waals surface area contributed by atoms with Crippen LogP contribution in [0, 0.1) is 0 Å². The highest BCUT2D eigenvalue weighted by atomic mass is 35.5. The number of hydrogen-bond acceptors (Lipinski definition) is 4. The third kappa shape index (κ3) is 2.71. The third-order valence-corrected chi connectivity index (χ3v) is 3.28. The number of hydrogen-bond donors (Lipinski definition) is 1. The molecular weight excluding hydrogens is 254 g/mol. The van der Waals surface area contributed by atoms with Gasteiger partial charge in [0, 0.05) is 29.6 Å². The summed E-state index contributed by atoms with van der Waals surface area (Å²) in [6.07, 6.45) is 1.73. The van der Waals surface area contributed by atoms with Gasteiger partial charge in [-0.3, -0.25) is 0 Å². The predicted octanol–water partition coefficient (Wildman–Crippen LogP) is 2.71. The molecule has 0 atom stereocenters. The molecule has 1 aliphatic rings. The van der Waals surface area contributed by atoms with E-state index in [0.717, 1.165) is 35.5 Å². The van der Waals surface area contributed by atoms with Gasteiger partial charge in [-0.05, 0) is 12.0 Å². The Morgan fingerprint density at radius 3 is 2.83 bits per heavy atom. The van der Waals surface area contributed by atoms with Crippen molar-refractivity contribution >= 4 is 11.6 Å². The molecule has 5 heteroatoms. The van der Waals surface area contributed by atoms with Gasteiger partial charge in [0.1, 0.15) is 0 Å². The maximum atomic E-state index is 6.30. The second-order valence-electron chi connectivity index (χ2n) is 4.07. The van der Waals surface area contributed by atoms with Crippen LogP contribution >= 0.6 is 11.6 Å². The normalized spacial score (nSPS) is 14.4. The van der Waals surface area contributed by atoms with E-state index in [-0.39, 0.29) is 0 Å². The molecule has 0 radical (unpaired) electrons. The van der Waals surface area contributed by atoms with Crippen LogP contribution < -0.4 is 15.0 Å². The highest BCUT2D eigenvalue weighted by Gasteiger charge is 2.20. The molecule has 0 aromatic heterocycles. The molecule has 100 valence electrons. The van der Waals surface area contributed by atoms with Crippen LogP contribution in [0.1, 0.15) is 24.5 Å². The summed E-state index contributed by atoms with van der Waals surface area (Å²) in [6, 6.07) is 1.83. The summed E-state index contributed by atoms with van der Waals surface area (Å²) in [5.41, 5.74) is 4.91. The first-order valence-corrected chi connectivity index (χ1v) is 6.51. The molecule has 0 fully saturated rings. The highest BCUT2D eigenvalue weighted by Crippen LogP contribution is 2.40. The Hall–Kier alpha value is -0.970. The molecular formula is C13H18ClNO3. The first kappa shape index (κ1) is 13.5. The van der Waals surface area contributed by atoms with Crippen LogP contribution in [0.5, 0.6) is 11.5 Å². The zero-order chi connectivity index (χ0) is 13.0. The van der Waals surface area contributed by atoms with Gasteiger partial charge in [0.25, 0.3) is 0 Å². The Bertz CT molecular complexity index is 423. The Kier molecular flexibility index (Phi) is 4.69. The van der Waals surface area contributed by atoms with Gasteiger partial charge in [-0.25, -0.2) is 0 Å². The predicted molar refractivity (Wildman–Crippen MR) is 70.3 cm³/mol. The van der Waals surface area contributed by atoms with E-state index in [4.69, 9.17) is 25.9 Å². The smallest absolute Gasteiger partial charge is 0.164 e. The fraction of sp³-hybridized carbons (Fsp3) is 0.538. The first-order chi connectivity index (χ1) is 8.77. The maximum absolute atomic E-state index is 6.30. The van der Waals surface area contributed by atoms with Gasteiger partial charge in [0.05, 0.1) is 20.3 Å². The van der Waals surface area contributed by atoms with E-state index in [9.17, 15) is 0 Å². The molecule has 0 saturated heterocycles. The van der Waals surface area contributed by atoms with Crippen molar-refractivity contribution in [2.75, 3.05) is 20.3 Å². The molecule has 0 saturated carbocycles. The fourth-order valence-corrected chi connectivity index (χ4v) is 2.37. The van der Waals surface area contributed by atoms with Crippen LogP contribution in [0.25, 0.3) is 0 Å². The molecule has 0 unspecified atom stereocenters. The van der Waals surface area contributed by atoms with E-state index in [0.29, 0.717) is 24.8 Å². The number of fused-ring (bicyclic) bond motifs is 1. The van der Waals surface area contributed by atoms with E-state index < -0.39 is 0 Å². The molecule has 1 N–H and O–H groups in total. The van der Waals surface area contributed by atoms with E-state index >= 15 is 0 Å². The Balaban J connectivity index is 2.43. The summed E-state index contributed by atoms with van der Waals surface area (Å²) >= 11 is 6.30. The van der Waals surface area contributed by atoms with Crippen LogP contribution in [0.2, 0.25) is 5.02 Å². The number of nitrogens with one attached hydrogen (secondary N) is 1. The molecule has 1 aromatic carbocycles. The molecule has 2 rings (SSSR count). The third-order valence-electron chi connectivity index (χ3n) is 2.95. The van der Waals surface area contributed by atoms with E-state index in [1.54, 1.807) is 7.11 Å². The van der Waals surface area contributed by atoms with Crippen molar-refractivity contribution < 1.29 is 14.3 Å².